The summed E-state index contributed by atoms with van der Waals surface area (Å²) in [6.07, 6.45) is 0. The van der Waals surface area contributed by atoms with Crippen LogP contribution in [0.25, 0.3) is 11.1 Å². The average Bonchev–Trinajstić information content (AvgIpc) is 2.72. The third-order valence-corrected chi connectivity index (χ3v) is 5.14. The second-order valence-corrected chi connectivity index (χ2v) is 7.48. The van der Waals surface area contributed by atoms with Crippen molar-refractivity contribution in [3.05, 3.63) is 113 Å². The van der Waals surface area contributed by atoms with Gasteiger partial charge in [0.15, 0.2) is 0 Å². The molecule has 4 aromatic carbocycles. The van der Waals surface area contributed by atoms with Gasteiger partial charge in [0.05, 0.1) is 0 Å². The largest absolute Gasteiger partial charge is 0.311 e. The molecule has 27 heavy (non-hydrogen) atoms. The lowest BCUT2D eigenvalue weighted by molar-refractivity contribution is 1.27. The summed E-state index contributed by atoms with van der Waals surface area (Å²) in [5, 5.41) is 0. The third kappa shape index (κ3) is 3.96. The van der Waals surface area contributed by atoms with Crippen molar-refractivity contribution in [2.75, 3.05) is 4.90 Å². The van der Waals surface area contributed by atoms with Gasteiger partial charge in [0, 0.05) is 21.5 Å². The molecule has 0 atom stereocenters. The molecule has 0 saturated heterocycles. The highest BCUT2D eigenvalue weighted by Gasteiger charge is 2.12. The summed E-state index contributed by atoms with van der Waals surface area (Å²) in [6.45, 7) is 2.11. The number of hydrogen-bond donors (Lipinski definition) is 0. The fourth-order valence-electron chi connectivity index (χ4n) is 3.16. The standard InChI is InChI=1S/C25H20BrN/c1-19-7-13-23(14-8-19)27(25-17-11-22(26)12-18-25)24-15-9-21(10-16-24)20-5-3-2-4-6-20/h2-18H,1H3. The Bertz CT molecular complexity index is 959. The van der Waals surface area contributed by atoms with Gasteiger partial charge in [-0.05, 0) is 66.6 Å². The van der Waals surface area contributed by atoms with Gasteiger partial charge in [0.1, 0.15) is 0 Å². The second-order valence-electron chi connectivity index (χ2n) is 6.56. The molecule has 0 aliphatic carbocycles. The van der Waals surface area contributed by atoms with Gasteiger partial charge in [-0.2, -0.15) is 0 Å². The van der Waals surface area contributed by atoms with Crippen LogP contribution in [-0.2, 0) is 0 Å². The number of hydrogen-bond acceptors (Lipinski definition) is 1. The SMILES string of the molecule is Cc1ccc(N(c2ccc(Br)cc2)c2ccc(-c3ccccc3)cc2)cc1. The summed E-state index contributed by atoms with van der Waals surface area (Å²) in [6, 6.07) is 36.3. The molecule has 0 fully saturated rings. The molecule has 0 unspecified atom stereocenters. The molecule has 0 spiro atoms. The molecule has 0 bridgehead atoms. The van der Waals surface area contributed by atoms with Gasteiger partial charge in [0.2, 0.25) is 0 Å². The topological polar surface area (TPSA) is 3.24 Å². The molecular weight excluding hydrogens is 394 g/mol. The van der Waals surface area contributed by atoms with E-state index in [1.807, 2.05) is 6.07 Å². The molecule has 0 heterocycles. The first-order valence-electron chi connectivity index (χ1n) is 8.98. The van der Waals surface area contributed by atoms with Crippen LogP contribution in [0.15, 0.2) is 108 Å². The Balaban J connectivity index is 1.76. The van der Waals surface area contributed by atoms with E-state index in [2.05, 4.69) is 125 Å². The van der Waals surface area contributed by atoms with Gasteiger partial charge in [-0.1, -0.05) is 76.1 Å². The fraction of sp³-hybridized carbons (Fsp3) is 0.0400. The van der Waals surface area contributed by atoms with Crippen molar-refractivity contribution in [2.45, 2.75) is 6.92 Å². The van der Waals surface area contributed by atoms with Gasteiger partial charge in [-0.3, -0.25) is 0 Å². The Morgan fingerprint density at radius 2 is 0.963 bits per heavy atom. The van der Waals surface area contributed by atoms with E-state index in [1.165, 1.54) is 16.7 Å². The minimum Gasteiger partial charge on any atom is -0.311 e. The van der Waals surface area contributed by atoms with Crippen molar-refractivity contribution in [1.29, 1.82) is 0 Å². The summed E-state index contributed by atoms with van der Waals surface area (Å²) in [7, 11) is 0. The van der Waals surface area contributed by atoms with Crippen LogP contribution in [0.2, 0.25) is 0 Å². The van der Waals surface area contributed by atoms with Crippen molar-refractivity contribution >= 4 is 33.0 Å². The van der Waals surface area contributed by atoms with E-state index in [-0.39, 0.29) is 0 Å². The van der Waals surface area contributed by atoms with E-state index in [0.29, 0.717) is 0 Å². The maximum atomic E-state index is 3.53. The van der Waals surface area contributed by atoms with E-state index >= 15 is 0 Å². The van der Waals surface area contributed by atoms with E-state index < -0.39 is 0 Å². The first kappa shape index (κ1) is 17.6. The lowest BCUT2D eigenvalue weighted by Gasteiger charge is -2.26. The molecule has 4 rings (SSSR count). The summed E-state index contributed by atoms with van der Waals surface area (Å²) < 4.78 is 1.08. The monoisotopic (exact) mass is 413 g/mol. The molecule has 0 aromatic heterocycles. The van der Waals surface area contributed by atoms with Crippen LogP contribution in [-0.4, -0.2) is 0 Å². The smallest absolute Gasteiger partial charge is 0.0462 e. The number of benzene rings is 4. The molecule has 0 N–H and O–H groups in total. The summed E-state index contributed by atoms with van der Waals surface area (Å²) in [4.78, 5) is 2.28. The van der Waals surface area contributed by atoms with Crippen molar-refractivity contribution in [3.63, 3.8) is 0 Å². The molecule has 4 aromatic rings. The first-order chi connectivity index (χ1) is 13.2. The molecule has 2 heteroatoms. The summed E-state index contributed by atoms with van der Waals surface area (Å²) >= 11 is 3.53. The van der Waals surface area contributed by atoms with E-state index in [0.717, 1.165) is 21.5 Å². The van der Waals surface area contributed by atoms with Gasteiger partial charge in [-0.15, -0.1) is 0 Å². The van der Waals surface area contributed by atoms with Crippen LogP contribution in [0.1, 0.15) is 5.56 Å². The van der Waals surface area contributed by atoms with Gasteiger partial charge < -0.3 is 4.90 Å². The van der Waals surface area contributed by atoms with Gasteiger partial charge in [0.25, 0.3) is 0 Å². The van der Waals surface area contributed by atoms with Gasteiger partial charge in [-0.25, -0.2) is 0 Å². The lowest BCUT2D eigenvalue weighted by Crippen LogP contribution is -2.09. The first-order valence-corrected chi connectivity index (χ1v) is 9.78. The van der Waals surface area contributed by atoms with E-state index in [4.69, 9.17) is 0 Å². The molecule has 0 radical (unpaired) electrons. The maximum absolute atomic E-state index is 3.53. The quantitative estimate of drug-likeness (QED) is 0.328. The highest BCUT2D eigenvalue weighted by molar-refractivity contribution is 9.10. The number of rotatable bonds is 4. The fourth-order valence-corrected chi connectivity index (χ4v) is 3.43. The van der Waals surface area contributed by atoms with Gasteiger partial charge >= 0.3 is 0 Å². The Hall–Kier alpha value is -2.84. The summed E-state index contributed by atoms with van der Waals surface area (Å²) in [5.41, 5.74) is 7.13. The van der Waals surface area contributed by atoms with E-state index in [9.17, 15) is 0 Å². The molecule has 0 amide bonds. The normalized spacial score (nSPS) is 10.6. The lowest BCUT2D eigenvalue weighted by atomic mass is 10.0. The van der Waals surface area contributed by atoms with Crippen molar-refractivity contribution in [1.82, 2.24) is 0 Å². The summed E-state index contributed by atoms with van der Waals surface area (Å²) in [5.74, 6) is 0. The molecule has 0 aliphatic heterocycles. The Morgan fingerprint density at radius 3 is 1.52 bits per heavy atom. The molecule has 0 saturated carbocycles. The predicted molar refractivity (Wildman–Crippen MR) is 119 cm³/mol. The zero-order chi connectivity index (χ0) is 18.6. The molecule has 132 valence electrons. The Morgan fingerprint density at radius 1 is 0.519 bits per heavy atom. The zero-order valence-electron chi connectivity index (χ0n) is 15.1. The number of halogens is 1. The predicted octanol–water partition coefficient (Wildman–Crippen LogP) is 7.89. The van der Waals surface area contributed by atoms with Crippen molar-refractivity contribution in [3.8, 4) is 11.1 Å². The third-order valence-electron chi connectivity index (χ3n) is 4.61. The van der Waals surface area contributed by atoms with E-state index in [1.54, 1.807) is 0 Å². The minimum atomic E-state index is 1.08. The van der Waals surface area contributed by atoms with Crippen LogP contribution in [0, 0.1) is 6.92 Å². The Kier molecular flexibility index (Phi) is 5.08. The second kappa shape index (κ2) is 7.81. The zero-order valence-corrected chi connectivity index (χ0v) is 16.7. The molecule has 0 aliphatic rings. The Labute approximate surface area is 169 Å². The maximum Gasteiger partial charge on any atom is 0.0462 e. The van der Waals surface area contributed by atoms with Crippen molar-refractivity contribution < 1.29 is 0 Å². The highest BCUT2D eigenvalue weighted by atomic mass is 79.9. The highest BCUT2D eigenvalue weighted by Crippen LogP contribution is 2.36. The minimum absolute atomic E-state index is 1.08. The van der Waals surface area contributed by atoms with Crippen LogP contribution in [0.3, 0.4) is 0 Å². The number of anilines is 3. The average molecular weight is 414 g/mol. The van der Waals surface area contributed by atoms with Crippen LogP contribution in [0.4, 0.5) is 17.1 Å². The number of aryl methyl sites for hydroxylation is 1. The van der Waals surface area contributed by atoms with Crippen LogP contribution in [0.5, 0.6) is 0 Å². The van der Waals surface area contributed by atoms with Crippen LogP contribution >= 0.6 is 15.9 Å². The van der Waals surface area contributed by atoms with Crippen LogP contribution < -0.4 is 4.90 Å². The number of nitrogens with zero attached hydrogens (tertiary/aromatic N) is 1. The molecule has 1 nitrogen and oxygen atoms in total. The van der Waals surface area contributed by atoms with Crippen molar-refractivity contribution in [2.24, 2.45) is 0 Å². The molecular formula is C25H20BrN.